The highest BCUT2D eigenvalue weighted by Crippen LogP contribution is 2.38. The lowest BCUT2D eigenvalue weighted by atomic mass is 9.78. The number of allylic oxidation sites excluding steroid dienone is 6. The maximum Gasteiger partial charge on any atom is 0.329 e. The molecule has 3 heterocycles. The minimum atomic E-state index is -2.43. The van der Waals surface area contributed by atoms with E-state index in [1.807, 2.05) is 58.1 Å². The molecule has 1 saturated carbocycles. The molecule has 0 aromatic heterocycles. The normalized spacial score (nSPS) is 40.4. The van der Waals surface area contributed by atoms with Gasteiger partial charge in [0.2, 0.25) is 5.79 Å². The summed E-state index contributed by atoms with van der Waals surface area (Å²) in [5, 5.41) is 33.8. The number of hydrogen-bond donors (Lipinski definition) is 3. The fourth-order valence-electron chi connectivity index (χ4n) is 10.1. The van der Waals surface area contributed by atoms with Gasteiger partial charge in [0.1, 0.15) is 30.1 Å². The summed E-state index contributed by atoms with van der Waals surface area (Å²) < 4.78 is 29.4. The van der Waals surface area contributed by atoms with Gasteiger partial charge in [0.15, 0.2) is 5.78 Å². The Hall–Kier alpha value is -3.37. The maximum atomic E-state index is 14.4. The molecule has 14 nitrogen and oxygen atoms in total. The van der Waals surface area contributed by atoms with Crippen LogP contribution < -0.4 is 0 Å². The van der Waals surface area contributed by atoms with Crippen molar-refractivity contribution in [3.8, 4) is 0 Å². The van der Waals surface area contributed by atoms with E-state index in [-0.39, 0.29) is 54.8 Å². The highest BCUT2D eigenvalue weighted by atomic mass is 16.6. The van der Waals surface area contributed by atoms with Crippen molar-refractivity contribution in [3.63, 3.8) is 0 Å². The predicted octanol–water partition coefficient (Wildman–Crippen LogP) is 6.18. The third kappa shape index (κ3) is 14.3. The van der Waals surface area contributed by atoms with Crippen LogP contribution in [0, 0.1) is 35.5 Å². The van der Waals surface area contributed by atoms with Crippen LogP contribution in [-0.2, 0) is 47.7 Å². The zero-order valence-corrected chi connectivity index (χ0v) is 40.6. The second kappa shape index (κ2) is 25.1. The number of ketones is 3. The Bertz CT molecular complexity index is 1760. The van der Waals surface area contributed by atoms with Crippen molar-refractivity contribution in [2.24, 2.45) is 35.5 Å². The summed E-state index contributed by atoms with van der Waals surface area (Å²) in [5.74, 6) is -7.96. The molecule has 65 heavy (non-hydrogen) atoms. The number of Topliss-reactive ketones (excluding diaryl/α,β-unsaturated/α-hetero) is 3. The van der Waals surface area contributed by atoms with Crippen molar-refractivity contribution in [1.29, 1.82) is 0 Å². The highest BCUT2D eigenvalue weighted by Gasteiger charge is 2.53. The Balaban J connectivity index is 1.70. The molecule has 4 rings (SSSR count). The smallest absolute Gasteiger partial charge is 0.329 e. The summed E-state index contributed by atoms with van der Waals surface area (Å²) in [6, 6.07) is -1.14. The van der Waals surface area contributed by atoms with Gasteiger partial charge in [-0.1, -0.05) is 71.1 Å². The number of esters is 1. The second-order valence-corrected chi connectivity index (χ2v) is 19.6. The van der Waals surface area contributed by atoms with Crippen molar-refractivity contribution >= 4 is 29.2 Å². The summed E-state index contributed by atoms with van der Waals surface area (Å²) in [6.07, 6.45) is 11.2. The van der Waals surface area contributed by atoms with Crippen LogP contribution >= 0.6 is 0 Å². The Labute approximate surface area is 387 Å². The van der Waals surface area contributed by atoms with Gasteiger partial charge in [-0.25, -0.2) is 4.79 Å². The number of ether oxygens (including phenoxy) is 5. The van der Waals surface area contributed by atoms with E-state index in [0.29, 0.717) is 63.4 Å². The topological polar surface area (TPSA) is 195 Å². The van der Waals surface area contributed by atoms with E-state index in [2.05, 4.69) is 0 Å². The van der Waals surface area contributed by atoms with E-state index < -0.39 is 83.9 Å². The van der Waals surface area contributed by atoms with E-state index >= 15 is 0 Å². The number of hydrogen-bond acceptors (Lipinski definition) is 13. The van der Waals surface area contributed by atoms with Gasteiger partial charge >= 0.3 is 5.97 Å². The molecule has 14 heteroatoms. The first kappa shape index (κ1) is 54.2. The molecule has 2 saturated heterocycles. The number of carbonyl (C=O) groups excluding carboxylic acids is 5. The molecule has 0 radical (unpaired) electrons. The number of rotatable bonds is 6. The van der Waals surface area contributed by atoms with Crippen LogP contribution in [-0.4, -0.2) is 132 Å². The van der Waals surface area contributed by atoms with Crippen molar-refractivity contribution in [2.75, 3.05) is 27.9 Å². The van der Waals surface area contributed by atoms with E-state index in [0.717, 1.165) is 12.0 Å². The molecule has 1 aliphatic carbocycles. The van der Waals surface area contributed by atoms with Gasteiger partial charge in [-0.2, -0.15) is 0 Å². The maximum absolute atomic E-state index is 14.4. The minimum Gasteiger partial charge on any atom is -0.460 e. The summed E-state index contributed by atoms with van der Waals surface area (Å²) >= 11 is 0. The van der Waals surface area contributed by atoms with Crippen LogP contribution in [0.2, 0.25) is 0 Å². The number of nitrogens with zero attached hydrogens (tertiary/aromatic N) is 1. The molecule has 3 aliphatic heterocycles. The first-order valence-electron chi connectivity index (χ1n) is 23.9. The standard InChI is InChI=1S/C51H79NO13/c1-30-16-12-11-13-17-31(2)42(61-8)28-38-21-19-36(7)51(60,65-38)48(57)49(58)52-23-15-14-18-39(52)50(59)64-43(33(4)26-37-20-22-40(53)44(27-37)62-9)29-41(54)32(3)25-35(6)46(56)47(63-10)45(55)34(5)24-30/h11-13,16-17,25,30,32-34,36-40,42-44,46-47,53,56,60H,14-15,18-24,26-29H2,1-10H3/b13-11+,16-12+,31-17+,35-25+/t30-,32-,33-,34-,36-,37+,38+,39?,40+,42+,43+,44-,46-,47+,51-/m1/s1. The molecule has 4 aliphatic rings. The van der Waals surface area contributed by atoms with Crippen molar-refractivity contribution < 1.29 is 63.0 Å². The molecule has 15 atom stereocenters. The lowest BCUT2D eigenvalue weighted by Crippen LogP contribution is -2.61. The lowest BCUT2D eigenvalue weighted by molar-refractivity contribution is -0.265. The van der Waals surface area contributed by atoms with Crippen LogP contribution in [0.1, 0.15) is 126 Å². The summed E-state index contributed by atoms with van der Waals surface area (Å²) in [4.78, 5) is 71.8. The largest absolute Gasteiger partial charge is 0.460 e. The molecule has 0 spiro atoms. The molecular weight excluding hydrogens is 835 g/mol. The van der Waals surface area contributed by atoms with E-state index in [9.17, 15) is 39.3 Å². The van der Waals surface area contributed by atoms with E-state index in [4.69, 9.17) is 23.7 Å². The summed E-state index contributed by atoms with van der Waals surface area (Å²) in [5.41, 5.74) is 1.27. The van der Waals surface area contributed by atoms with Gasteiger partial charge in [-0.3, -0.25) is 19.2 Å². The molecule has 366 valence electrons. The van der Waals surface area contributed by atoms with Crippen molar-refractivity contribution in [2.45, 2.75) is 180 Å². The van der Waals surface area contributed by atoms with E-state index in [1.54, 1.807) is 41.1 Å². The number of methoxy groups -OCH3 is 3. The van der Waals surface area contributed by atoms with Gasteiger partial charge in [-0.05, 0) is 107 Å². The Morgan fingerprint density at radius 3 is 2.25 bits per heavy atom. The number of carbonyl (C=O) groups is 5. The number of piperidine rings is 1. The van der Waals surface area contributed by atoms with Crippen molar-refractivity contribution in [3.05, 3.63) is 47.6 Å². The number of aliphatic hydroxyl groups excluding tert-OH is 2. The van der Waals surface area contributed by atoms with Gasteiger partial charge in [0.05, 0.1) is 24.4 Å². The fraction of sp³-hybridized carbons (Fsp3) is 0.745. The molecule has 1 unspecified atom stereocenters. The number of aliphatic hydroxyl groups is 3. The summed E-state index contributed by atoms with van der Waals surface area (Å²) in [6.45, 7) is 12.7. The lowest BCUT2D eigenvalue weighted by Gasteiger charge is -2.42. The van der Waals surface area contributed by atoms with Gasteiger partial charge < -0.3 is 43.9 Å². The minimum absolute atomic E-state index is 0.0193. The van der Waals surface area contributed by atoms with E-state index in [1.165, 1.54) is 12.0 Å². The first-order valence-corrected chi connectivity index (χ1v) is 23.9. The first-order chi connectivity index (χ1) is 30.7. The zero-order chi connectivity index (χ0) is 48.2. The number of fused-ring (bicyclic) bond motifs is 3. The molecule has 3 N–H and O–H groups in total. The average Bonchev–Trinajstić information content (AvgIpc) is 3.28. The third-order valence-corrected chi connectivity index (χ3v) is 14.5. The summed E-state index contributed by atoms with van der Waals surface area (Å²) in [7, 11) is 4.52. The SMILES string of the molecule is CO[C@H]1C[C@@H]2CC[C@@H](C)[C@@](O)(O2)C(=O)C(=O)N2CCCCC2C(=O)O[C@H]([C@H](C)C[C@@H]2CC[C@H](O)[C@H](OC)C2)CC(=O)[C@H](C)/C=C(\C)[C@@H](O)[C@@H](OC)C(=O)[C@H](C)C[C@H](C)/C=C/C=C/C=C/1C. The highest BCUT2D eigenvalue weighted by molar-refractivity contribution is 6.39. The van der Waals surface area contributed by atoms with Gasteiger partial charge in [0.25, 0.3) is 11.7 Å². The Kier molecular flexibility index (Phi) is 21.0. The van der Waals surface area contributed by atoms with Crippen LogP contribution in [0.3, 0.4) is 0 Å². The molecule has 1 amide bonds. The number of amides is 1. The van der Waals surface area contributed by atoms with Crippen LogP contribution in [0.15, 0.2) is 47.6 Å². The molecular formula is C51H79NO13. The average molecular weight is 914 g/mol. The molecule has 0 aromatic rings. The quantitative estimate of drug-likeness (QED) is 0.156. The monoisotopic (exact) mass is 914 g/mol. The fourth-order valence-corrected chi connectivity index (χ4v) is 10.1. The zero-order valence-electron chi connectivity index (χ0n) is 40.6. The van der Waals surface area contributed by atoms with Gasteiger partial charge in [-0.15, -0.1) is 0 Å². The third-order valence-electron chi connectivity index (χ3n) is 14.5. The van der Waals surface area contributed by atoms with Gasteiger partial charge in [0, 0.05) is 58.5 Å². The second-order valence-electron chi connectivity index (χ2n) is 19.6. The Morgan fingerprint density at radius 1 is 0.846 bits per heavy atom. The van der Waals surface area contributed by atoms with Crippen molar-refractivity contribution in [1.82, 2.24) is 4.90 Å². The predicted molar refractivity (Wildman–Crippen MR) is 245 cm³/mol. The van der Waals surface area contributed by atoms with Crippen LogP contribution in [0.4, 0.5) is 0 Å². The molecule has 0 aromatic carbocycles. The molecule has 2 bridgehead atoms. The molecule has 3 fully saturated rings. The van der Waals surface area contributed by atoms with Crippen LogP contribution in [0.25, 0.3) is 0 Å². The van der Waals surface area contributed by atoms with Crippen LogP contribution in [0.5, 0.6) is 0 Å². The number of cyclic esters (lactones) is 1. The Morgan fingerprint density at radius 2 is 1.57 bits per heavy atom.